The zero-order valence-electron chi connectivity index (χ0n) is 9.61. The Morgan fingerprint density at radius 3 is 2.88 bits per heavy atom. The molecule has 0 radical (unpaired) electrons. The van der Waals surface area contributed by atoms with Crippen molar-refractivity contribution in [1.29, 1.82) is 0 Å². The molecular formula is C12H15ClN2O2. The van der Waals surface area contributed by atoms with Gasteiger partial charge in [-0.1, -0.05) is 24.9 Å². The number of anilines is 1. The smallest absolute Gasteiger partial charge is 0.337 e. The lowest BCUT2D eigenvalue weighted by atomic mass is 10.1. The van der Waals surface area contributed by atoms with Gasteiger partial charge in [-0.3, -0.25) is 0 Å². The summed E-state index contributed by atoms with van der Waals surface area (Å²) in [5.74, 6) is 0.169. The third-order valence-corrected chi connectivity index (χ3v) is 3.56. The minimum absolute atomic E-state index is 0.111. The Bertz CT molecular complexity index is 437. The molecule has 17 heavy (non-hydrogen) atoms. The molecule has 4 nitrogen and oxygen atoms in total. The van der Waals surface area contributed by atoms with Gasteiger partial charge in [-0.25, -0.2) is 9.78 Å². The Kier molecular flexibility index (Phi) is 3.52. The molecule has 2 unspecified atom stereocenters. The van der Waals surface area contributed by atoms with Crippen molar-refractivity contribution in [3.63, 3.8) is 0 Å². The van der Waals surface area contributed by atoms with Crippen LogP contribution in [0.25, 0.3) is 0 Å². The first-order valence-electron chi connectivity index (χ1n) is 5.73. The third-order valence-electron chi connectivity index (χ3n) is 3.27. The molecule has 92 valence electrons. The second kappa shape index (κ2) is 4.92. The van der Waals surface area contributed by atoms with Gasteiger partial charge in [0, 0.05) is 12.2 Å². The number of aromatic carboxylic acids is 1. The SMILES string of the molecule is CC1CCCC1Nc1ncc(C(=O)O)cc1Cl. The molecule has 0 amide bonds. The lowest BCUT2D eigenvalue weighted by Crippen LogP contribution is -2.22. The van der Waals surface area contributed by atoms with Gasteiger partial charge in [0.1, 0.15) is 5.82 Å². The number of halogens is 1. The quantitative estimate of drug-likeness (QED) is 0.870. The lowest BCUT2D eigenvalue weighted by Gasteiger charge is -2.18. The van der Waals surface area contributed by atoms with E-state index in [1.165, 1.54) is 25.1 Å². The van der Waals surface area contributed by atoms with E-state index in [2.05, 4.69) is 17.2 Å². The maximum atomic E-state index is 10.7. The minimum atomic E-state index is -1.01. The van der Waals surface area contributed by atoms with Crippen LogP contribution in [-0.4, -0.2) is 22.1 Å². The summed E-state index contributed by atoms with van der Waals surface area (Å²) in [4.78, 5) is 14.8. The summed E-state index contributed by atoms with van der Waals surface area (Å²) < 4.78 is 0. The summed E-state index contributed by atoms with van der Waals surface area (Å²) in [5, 5.41) is 12.5. The molecule has 0 bridgehead atoms. The van der Waals surface area contributed by atoms with Crippen molar-refractivity contribution < 1.29 is 9.90 Å². The Morgan fingerprint density at radius 1 is 1.59 bits per heavy atom. The molecule has 0 spiro atoms. The maximum Gasteiger partial charge on any atom is 0.337 e. The molecule has 0 aromatic carbocycles. The molecule has 1 aromatic heterocycles. The van der Waals surface area contributed by atoms with Crippen LogP contribution in [0.3, 0.4) is 0 Å². The van der Waals surface area contributed by atoms with Crippen LogP contribution in [0.2, 0.25) is 5.02 Å². The molecule has 1 fully saturated rings. The largest absolute Gasteiger partial charge is 0.478 e. The zero-order valence-corrected chi connectivity index (χ0v) is 10.4. The molecule has 0 saturated heterocycles. The summed E-state index contributed by atoms with van der Waals surface area (Å²) in [7, 11) is 0. The zero-order chi connectivity index (χ0) is 12.4. The molecule has 1 aromatic rings. The fraction of sp³-hybridized carbons (Fsp3) is 0.500. The van der Waals surface area contributed by atoms with Gasteiger partial charge >= 0.3 is 5.97 Å². The van der Waals surface area contributed by atoms with Crippen molar-refractivity contribution in [2.45, 2.75) is 32.2 Å². The fourth-order valence-corrected chi connectivity index (χ4v) is 2.42. The normalized spacial score (nSPS) is 23.6. The van der Waals surface area contributed by atoms with Gasteiger partial charge in [-0.2, -0.15) is 0 Å². The summed E-state index contributed by atoms with van der Waals surface area (Å²) in [6.07, 6.45) is 4.86. The Balaban J connectivity index is 2.14. The number of carboxylic acid groups (broad SMARTS) is 1. The highest BCUT2D eigenvalue weighted by molar-refractivity contribution is 6.33. The van der Waals surface area contributed by atoms with E-state index < -0.39 is 5.97 Å². The van der Waals surface area contributed by atoms with Crippen molar-refractivity contribution in [1.82, 2.24) is 4.98 Å². The average Bonchev–Trinajstić information content (AvgIpc) is 2.67. The number of aromatic nitrogens is 1. The van der Waals surface area contributed by atoms with Crippen molar-refractivity contribution in [3.05, 3.63) is 22.8 Å². The number of pyridine rings is 1. The highest BCUT2D eigenvalue weighted by atomic mass is 35.5. The summed E-state index contributed by atoms with van der Waals surface area (Å²) in [5.41, 5.74) is 0.111. The first-order valence-corrected chi connectivity index (χ1v) is 6.11. The van der Waals surface area contributed by atoms with E-state index in [0.29, 0.717) is 22.8 Å². The van der Waals surface area contributed by atoms with Crippen molar-refractivity contribution in [2.24, 2.45) is 5.92 Å². The van der Waals surface area contributed by atoms with Gasteiger partial charge in [0.25, 0.3) is 0 Å². The summed E-state index contributed by atoms with van der Waals surface area (Å²) in [6, 6.07) is 1.81. The predicted molar refractivity (Wildman–Crippen MR) is 66.6 cm³/mol. The number of nitrogens with zero attached hydrogens (tertiary/aromatic N) is 1. The second-order valence-corrected chi connectivity index (χ2v) is 4.93. The van der Waals surface area contributed by atoms with Gasteiger partial charge in [-0.05, 0) is 24.8 Å². The predicted octanol–water partition coefficient (Wildman–Crippen LogP) is 3.03. The van der Waals surface area contributed by atoms with Crippen LogP contribution in [0.15, 0.2) is 12.3 Å². The average molecular weight is 255 g/mol. The number of nitrogens with one attached hydrogen (secondary N) is 1. The molecule has 1 heterocycles. The molecule has 5 heteroatoms. The third kappa shape index (κ3) is 2.69. The highest BCUT2D eigenvalue weighted by Crippen LogP contribution is 2.29. The molecule has 1 aliphatic rings. The number of hydrogen-bond donors (Lipinski definition) is 2. The van der Waals surface area contributed by atoms with Crippen LogP contribution in [0, 0.1) is 5.92 Å². The van der Waals surface area contributed by atoms with E-state index >= 15 is 0 Å². The van der Waals surface area contributed by atoms with Gasteiger partial charge in [0.05, 0.1) is 10.6 Å². The van der Waals surface area contributed by atoms with Crippen LogP contribution in [-0.2, 0) is 0 Å². The molecule has 1 aliphatic carbocycles. The van der Waals surface area contributed by atoms with E-state index in [4.69, 9.17) is 16.7 Å². The number of rotatable bonds is 3. The standard InChI is InChI=1S/C12H15ClN2O2/c1-7-3-2-4-10(7)15-11-9(13)5-8(6-14-11)12(16)17/h5-7,10H,2-4H2,1H3,(H,14,15)(H,16,17). The maximum absolute atomic E-state index is 10.7. The van der Waals surface area contributed by atoms with Crippen LogP contribution in [0.5, 0.6) is 0 Å². The lowest BCUT2D eigenvalue weighted by molar-refractivity contribution is 0.0696. The van der Waals surface area contributed by atoms with Gasteiger partial charge in [0.2, 0.25) is 0 Å². The van der Waals surface area contributed by atoms with Gasteiger partial charge in [-0.15, -0.1) is 0 Å². The minimum Gasteiger partial charge on any atom is -0.478 e. The Morgan fingerprint density at radius 2 is 2.35 bits per heavy atom. The molecule has 2 rings (SSSR count). The number of carbonyl (C=O) groups is 1. The monoisotopic (exact) mass is 254 g/mol. The van der Waals surface area contributed by atoms with Crippen LogP contribution >= 0.6 is 11.6 Å². The molecular weight excluding hydrogens is 240 g/mol. The first-order chi connectivity index (χ1) is 8.08. The highest BCUT2D eigenvalue weighted by Gasteiger charge is 2.24. The van der Waals surface area contributed by atoms with Crippen molar-refractivity contribution in [3.8, 4) is 0 Å². The molecule has 1 saturated carbocycles. The number of carboxylic acids is 1. The number of hydrogen-bond acceptors (Lipinski definition) is 3. The van der Waals surface area contributed by atoms with E-state index in [1.807, 2.05) is 0 Å². The van der Waals surface area contributed by atoms with E-state index in [1.54, 1.807) is 0 Å². The molecule has 0 aliphatic heterocycles. The van der Waals surface area contributed by atoms with E-state index in [0.717, 1.165) is 6.42 Å². The summed E-state index contributed by atoms with van der Waals surface area (Å²) in [6.45, 7) is 2.20. The van der Waals surface area contributed by atoms with Crippen molar-refractivity contribution >= 4 is 23.4 Å². The summed E-state index contributed by atoms with van der Waals surface area (Å²) >= 11 is 6.01. The van der Waals surface area contributed by atoms with Crippen LogP contribution < -0.4 is 5.32 Å². The van der Waals surface area contributed by atoms with Crippen molar-refractivity contribution in [2.75, 3.05) is 5.32 Å². The van der Waals surface area contributed by atoms with E-state index in [-0.39, 0.29) is 5.56 Å². The molecule has 2 atom stereocenters. The topological polar surface area (TPSA) is 62.2 Å². The first kappa shape index (κ1) is 12.2. The van der Waals surface area contributed by atoms with Gasteiger partial charge < -0.3 is 10.4 Å². The van der Waals surface area contributed by atoms with E-state index in [9.17, 15) is 4.79 Å². The Labute approximate surface area is 105 Å². The van der Waals surface area contributed by atoms with Crippen LogP contribution in [0.4, 0.5) is 5.82 Å². The fourth-order valence-electron chi connectivity index (χ4n) is 2.20. The second-order valence-electron chi connectivity index (χ2n) is 4.52. The van der Waals surface area contributed by atoms with Gasteiger partial charge in [0.15, 0.2) is 0 Å². The molecule has 2 N–H and O–H groups in total. The Hall–Kier alpha value is -1.29. The van der Waals surface area contributed by atoms with Crippen LogP contribution in [0.1, 0.15) is 36.5 Å².